The molecule has 1 heterocycles. The van der Waals surface area contributed by atoms with Crippen molar-refractivity contribution in [3.8, 4) is 22.8 Å². The highest BCUT2D eigenvalue weighted by atomic mass is 35.5. The van der Waals surface area contributed by atoms with E-state index in [0.29, 0.717) is 48.1 Å². The molecule has 0 aliphatic carbocycles. The van der Waals surface area contributed by atoms with Gasteiger partial charge in [-0.1, -0.05) is 23.7 Å². The number of alkyl halides is 3. The lowest BCUT2D eigenvalue weighted by molar-refractivity contribution is -0.274. The van der Waals surface area contributed by atoms with E-state index in [1.807, 2.05) is 22.1 Å². The molecular formula is C28H26ClF3N4O3S. The van der Waals surface area contributed by atoms with Crippen molar-refractivity contribution < 1.29 is 27.4 Å². The van der Waals surface area contributed by atoms with E-state index in [0.717, 1.165) is 16.1 Å². The van der Waals surface area contributed by atoms with E-state index in [-0.39, 0.29) is 11.8 Å². The molecular weight excluding hydrogens is 565 g/mol. The van der Waals surface area contributed by atoms with E-state index in [9.17, 15) is 18.0 Å². The Hall–Kier alpha value is -3.96. The molecule has 0 saturated carbocycles. The number of anilines is 1. The molecule has 4 aromatic rings. The highest BCUT2D eigenvalue weighted by molar-refractivity contribution is 7.07. The van der Waals surface area contributed by atoms with Crippen LogP contribution in [0.15, 0.2) is 83.2 Å². The Morgan fingerprint density at radius 3 is 2.33 bits per heavy atom. The fourth-order valence-electron chi connectivity index (χ4n) is 3.77. The Labute approximate surface area is 237 Å². The van der Waals surface area contributed by atoms with Crippen LogP contribution in [0.3, 0.4) is 0 Å². The molecule has 0 bridgehead atoms. The number of thiazole rings is 1. The number of hydrogen-bond acceptors (Lipinski definition) is 5. The van der Waals surface area contributed by atoms with Crippen LogP contribution in [0.5, 0.6) is 11.5 Å². The molecule has 0 saturated heterocycles. The summed E-state index contributed by atoms with van der Waals surface area (Å²) >= 11 is 7.40. The maximum Gasteiger partial charge on any atom is 0.573 e. The molecule has 12 heteroatoms. The van der Waals surface area contributed by atoms with Gasteiger partial charge in [-0.3, -0.25) is 4.99 Å². The highest BCUT2D eigenvalue weighted by Crippen LogP contribution is 2.27. The summed E-state index contributed by atoms with van der Waals surface area (Å²) in [5.41, 5.74) is 3.12. The maximum absolute atomic E-state index is 12.6. The van der Waals surface area contributed by atoms with Crippen molar-refractivity contribution in [2.45, 2.75) is 25.9 Å². The molecule has 0 radical (unpaired) electrons. The molecule has 210 valence electrons. The van der Waals surface area contributed by atoms with Crippen molar-refractivity contribution in [3.05, 3.63) is 93.6 Å². The summed E-state index contributed by atoms with van der Waals surface area (Å²) in [7, 11) is 1.57. The van der Waals surface area contributed by atoms with Crippen LogP contribution in [0.1, 0.15) is 12.0 Å². The zero-order valence-electron chi connectivity index (χ0n) is 21.4. The van der Waals surface area contributed by atoms with Crippen LogP contribution in [0, 0.1) is 0 Å². The predicted molar refractivity (Wildman–Crippen MR) is 150 cm³/mol. The van der Waals surface area contributed by atoms with Crippen LogP contribution in [-0.4, -0.2) is 30.6 Å². The zero-order chi connectivity index (χ0) is 28.5. The lowest BCUT2D eigenvalue weighted by Crippen LogP contribution is -2.30. The number of halogens is 4. The second kappa shape index (κ2) is 13.4. The third-order valence-electron chi connectivity index (χ3n) is 5.68. The van der Waals surface area contributed by atoms with Gasteiger partial charge in [0.25, 0.3) is 0 Å². The molecule has 40 heavy (non-hydrogen) atoms. The first-order valence-electron chi connectivity index (χ1n) is 12.2. The van der Waals surface area contributed by atoms with Crippen LogP contribution in [-0.2, 0) is 13.1 Å². The Morgan fingerprint density at radius 1 is 1.00 bits per heavy atom. The van der Waals surface area contributed by atoms with E-state index >= 15 is 0 Å². The number of rotatable bonds is 10. The quantitative estimate of drug-likeness (QED) is 0.194. The van der Waals surface area contributed by atoms with Gasteiger partial charge in [-0.25, -0.2) is 4.79 Å². The van der Waals surface area contributed by atoms with Gasteiger partial charge in [0.15, 0.2) is 4.80 Å². The largest absolute Gasteiger partial charge is 0.573 e. The van der Waals surface area contributed by atoms with Crippen molar-refractivity contribution in [1.29, 1.82) is 0 Å². The number of ether oxygens (including phenoxy) is 2. The van der Waals surface area contributed by atoms with Crippen LogP contribution in [0.4, 0.5) is 23.7 Å². The molecule has 0 unspecified atom stereocenters. The fourth-order valence-corrected chi connectivity index (χ4v) is 4.83. The van der Waals surface area contributed by atoms with Gasteiger partial charge in [0.05, 0.1) is 19.3 Å². The lowest BCUT2D eigenvalue weighted by Gasteiger charge is -2.12. The SMILES string of the molecule is COc1ccc(NC(=O)NCCCn2c(-c3ccc(OC(F)(F)F)cc3)cs/c2=N\Cc2ccc(Cl)cc2)cc1. The first-order chi connectivity index (χ1) is 19.2. The average molecular weight is 591 g/mol. The van der Waals surface area contributed by atoms with Gasteiger partial charge in [0.1, 0.15) is 11.5 Å². The first-order valence-corrected chi connectivity index (χ1v) is 13.4. The molecule has 0 fully saturated rings. The highest BCUT2D eigenvalue weighted by Gasteiger charge is 2.31. The Kier molecular flexibility index (Phi) is 9.73. The Bertz CT molecular complexity index is 1470. The van der Waals surface area contributed by atoms with Crippen molar-refractivity contribution >= 4 is 34.7 Å². The van der Waals surface area contributed by atoms with Crippen LogP contribution < -0.4 is 24.9 Å². The van der Waals surface area contributed by atoms with E-state index < -0.39 is 6.36 Å². The number of amides is 2. The Morgan fingerprint density at radius 2 is 1.68 bits per heavy atom. The van der Waals surface area contributed by atoms with Gasteiger partial charge in [-0.2, -0.15) is 0 Å². The smallest absolute Gasteiger partial charge is 0.497 e. The molecule has 2 amide bonds. The minimum Gasteiger partial charge on any atom is -0.497 e. The number of nitrogens with zero attached hydrogens (tertiary/aromatic N) is 2. The molecule has 1 aromatic heterocycles. The van der Waals surface area contributed by atoms with Gasteiger partial charge in [0, 0.05) is 29.2 Å². The molecule has 0 atom stereocenters. The Balaban J connectivity index is 1.46. The summed E-state index contributed by atoms with van der Waals surface area (Å²) in [4.78, 5) is 17.8. The summed E-state index contributed by atoms with van der Waals surface area (Å²) in [6, 6.07) is 19.7. The normalized spacial score (nSPS) is 11.8. The van der Waals surface area contributed by atoms with Crippen molar-refractivity contribution in [2.24, 2.45) is 4.99 Å². The predicted octanol–water partition coefficient (Wildman–Crippen LogP) is 7.09. The monoisotopic (exact) mass is 590 g/mol. The van der Waals surface area contributed by atoms with Gasteiger partial charge >= 0.3 is 12.4 Å². The number of benzene rings is 3. The molecule has 0 aliphatic rings. The zero-order valence-corrected chi connectivity index (χ0v) is 22.9. The van der Waals surface area contributed by atoms with Crippen molar-refractivity contribution in [3.63, 3.8) is 0 Å². The summed E-state index contributed by atoms with van der Waals surface area (Å²) in [5, 5.41) is 8.15. The second-order valence-electron chi connectivity index (χ2n) is 8.53. The minimum absolute atomic E-state index is 0.294. The first kappa shape index (κ1) is 29.0. The van der Waals surface area contributed by atoms with Gasteiger partial charge < -0.3 is 24.7 Å². The van der Waals surface area contributed by atoms with Crippen molar-refractivity contribution in [2.75, 3.05) is 19.0 Å². The number of carbonyl (C=O) groups is 1. The molecule has 2 N–H and O–H groups in total. The number of methoxy groups -OCH3 is 1. The topological polar surface area (TPSA) is 76.9 Å². The van der Waals surface area contributed by atoms with Crippen LogP contribution >= 0.6 is 22.9 Å². The van der Waals surface area contributed by atoms with Gasteiger partial charge in [-0.15, -0.1) is 24.5 Å². The molecule has 4 rings (SSSR count). The molecule has 7 nitrogen and oxygen atoms in total. The fraction of sp³-hybridized carbons (Fsp3) is 0.214. The van der Waals surface area contributed by atoms with E-state index in [2.05, 4.69) is 15.4 Å². The lowest BCUT2D eigenvalue weighted by atomic mass is 10.1. The molecule has 3 aromatic carbocycles. The number of carbonyl (C=O) groups excluding carboxylic acids is 1. The molecule has 0 spiro atoms. The van der Waals surface area contributed by atoms with Gasteiger partial charge in [0.2, 0.25) is 0 Å². The standard InChI is InChI=1S/C28H26ClF3N4O3S/c1-38-23-13-9-22(10-14-23)35-26(37)33-15-2-16-36-25(20-5-11-24(12-6-20)39-28(30,31)32)18-40-27(36)34-17-19-3-7-21(29)8-4-19/h3-14,18H,2,15-17H2,1H3,(H2,33,35,37)/b34-27-. The summed E-state index contributed by atoms with van der Waals surface area (Å²) < 4.78 is 48.8. The minimum atomic E-state index is -4.76. The number of nitrogens with one attached hydrogen (secondary N) is 2. The average Bonchev–Trinajstić information content (AvgIpc) is 3.33. The van der Waals surface area contributed by atoms with Crippen molar-refractivity contribution in [1.82, 2.24) is 9.88 Å². The third-order valence-corrected chi connectivity index (χ3v) is 6.84. The van der Waals surface area contributed by atoms with Crippen LogP contribution in [0.2, 0.25) is 5.02 Å². The number of urea groups is 1. The third kappa shape index (κ3) is 8.52. The molecule has 0 aliphatic heterocycles. The van der Waals surface area contributed by atoms with E-state index in [1.165, 1.54) is 23.5 Å². The van der Waals surface area contributed by atoms with Gasteiger partial charge in [-0.05, 0) is 78.2 Å². The van der Waals surface area contributed by atoms with E-state index in [1.54, 1.807) is 55.6 Å². The number of aromatic nitrogens is 1. The summed E-state index contributed by atoms with van der Waals surface area (Å²) in [6.45, 7) is 1.33. The van der Waals surface area contributed by atoms with E-state index in [4.69, 9.17) is 21.3 Å². The number of hydrogen-bond donors (Lipinski definition) is 2. The van der Waals surface area contributed by atoms with Crippen LogP contribution in [0.25, 0.3) is 11.3 Å². The maximum atomic E-state index is 12.6. The summed E-state index contributed by atoms with van der Waals surface area (Å²) in [6.07, 6.45) is -4.17. The summed E-state index contributed by atoms with van der Waals surface area (Å²) in [5.74, 6) is 0.395. The second-order valence-corrected chi connectivity index (χ2v) is 9.81.